The molecule has 2 amide bonds. The van der Waals surface area contributed by atoms with Crippen LogP contribution in [0.1, 0.15) is 37.8 Å². The Morgan fingerprint density at radius 3 is 2.56 bits per heavy atom. The van der Waals surface area contributed by atoms with E-state index < -0.39 is 6.03 Å². The number of carbonyl (C=O) groups is 1. The summed E-state index contributed by atoms with van der Waals surface area (Å²) in [5.74, 6) is 0.210. The van der Waals surface area contributed by atoms with Gasteiger partial charge < -0.3 is 16.8 Å². The minimum atomic E-state index is -0.554. The molecule has 5 N–H and O–H groups in total. The van der Waals surface area contributed by atoms with Gasteiger partial charge in [-0.15, -0.1) is 0 Å². The number of hydrogen-bond acceptors (Lipinski definition) is 1. The quantitative estimate of drug-likeness (QED) is 0.565. The van der Waals surface area contributed by atoms with Crippen molar-refractivity contribution in [2.24, 2.45) is 16.5 Å². The van der Waals surface area contributed by atoms with Crippen molar-refractivity contribution in [3.8, 4) is 0 Å². The van der Waals surface area contributed by atoms with Gasteiger partial charge in [-0.2, -0.15) is 4.99 Å². The van der Waals surface area contributed by atoms with Crippen LogP contribution in [0.5, 0.6) is 0 Å². The molecular weight excluding hydrogens is 228 g/mol. The summed E-state index contributed by atoms with van der Waals surface area (Å²) in [6.07, 6.45) is 0.831. The van der Waals surface area contributed by atoms with Crippen molar-refractivity contribution >= 4 is 17.7 Å². The van der Waals surface area contributed by atoms with Crippen molar-refractivity contribution in [2.75, 3.05) is 5.32 Å². The highest BCUT2D eigenvalue weighted by atomic mass is 16.2. The lowest BCUT2D eigenvalue weighted by molar-refractivity contribution is 0.259. The first kappa shape index (κ1) is 14.0. The fourth-order valence-electron chi connectivity index (χ4n) is 1.65. The van der Waals surface area contributed by atoms with Crippen LogP contribution in [-0.2, 0) is 6.42 Å². The Hall–Kier alpha value is -2.04. The van der Waals surface area contributed by atoms with E-state index in [1.165, 1.54) is 5.56 Å². The standard InChI is InChI=1S/C13H20N4O/c1-4-9-7-10(8(2)3)5-6-11(9)16-13(18)17-12(14)15/h5-8H,4H2,1-3H3,(H5,14,15,16,17,18). The molecule has 0 aromatic heterocycles. The first-order valence-electron chi connectivity index (χ1n) is 5.97. The molecule has 5 heteroatoms. The molecule has 0 spiro atoms. The first-order chi connectivity index (χ1) is 8.43. The molecule has 0 saturated heterocycles. The Kier molecular flexibility index (Phi) is 4.71. The van der Waals surface area contributed by atoms with E-state index in [2.05, 4.69) is 30.2 Å². The van der Waals surface area contributed by atoms with E-state index in [0.29, 0.717) is 5.92 Å². The zero-order valence-electron chi connectivity index (χ0n) is 11.0. The Morgan fingerprint density at radius 1 is 1.39 bits per heavy atom. The molecule has 0 bridgehead atoms. The SMILES string of the molecule is CCc1cc(C(C)C)ccc1NC(=O)N=C(N)N. The second-order valence-corrected chi connectivity index (χ2v) is 4.39. The monoisotopic (exact) mass is 248 g/mol. The molecule has 0 saturated carbocycles. The summed E-state index contributed by atoms with van der Waals surface area (Å²) in [6, 6.07) is 5.42. The van der Waals surface area contributed by atoms with Crippen LogP contribution in [0.3, 0.4) is 0 Å². The van der Waals surface area contributed by atoms with Crippen LogP contribution in [0.2, 0.25) is 0 Å². The third kappa shape index (κ3) is 3.76. The minimum absolute atomic E-state index is 0.246. The number of amides is 2. The lowest BCUT2D eigenvalue weighted by Gasteiger charge is -2.12. The zero-order chi connectivity index (χ0) is 13.7. The number of rotatable bonds is 3. The summed E-state index contributed by atoms with van der Waals surface area (Å²) in [5.41, 5.74) is 13.4. The van der Waals surface area contributed by atoms with E-state index in [1.807, 2.05) is 19.1 Å². The number of nitrogens with one attached hydrogen (secondary N) is 1. The molecule has 0 aliphatic rings. The molecule has 98 valence electrons. The maximum atomic E-state index is 11.5. The molecule has 0 aliphatic carbocycles. The van der Waals surface area contributed by atoms with Crippen molar-refractivity contribution in [1.29, 1.82) is 0 Å². The predicted molar refractivity (Wildman–Crippen MR) is 74.7 cm³/mol. The number of hydrogen-bond donors (Lipinski definition) is 3. The molecule has 1 aromatic carbocycles. The topological polar surface area (TPSA) is 93.5 Å². The zero-order valence-corrected chi connectivity index (χ0v) is 11.0. The van der Waals surface area contributed by atoms with Gasteiger partial charge in [-0.25, -0.2) is 4.79 Å². The highest BCUT2D eigenvalue weighted by Crippen LogP contribution is 2.23. The number of guanidine groups is 1. The van der Waals surface area contributed by atoms with Crippen LogP contribution in [0.4, 0.5) is 10.5 Å². The molecule has 0 unspecified atom stereocenters. The summed E-state index contributed by atoms with van der Waals surface area (Å²) >= 11 is 0. The Balaban J connectivity index is 2.96. The van der Waals surface area contributed by atoms with E-state index in [9.17, 15) is 4.79 Å². The van der Waals surface area contributed by atoms with Crippen molar-refractivity contribution in [1.82, 2.24) is 0 Å². The molecule has 18 heavy (non-hydrogen) atoms. The van der Waals surface area contributed by atoms with Crippen LogP contribution < -0.4 is 16.8 Å². The second-order valence-electron chi connectivity index (χ2n) is 4.39. The normalized spacial score (nSPS) is 10.2. The highest BCUT2D eigenvalue weighted by molar-refractivity contribution is 5.98. The van der Waals surface area contributed by atoms with E-state index in [1.54, 1.807) is 0 Å². The fourth-order valence-corrected chi connectivity index (χ4v) is 1.65. The second kappa shape index (κ2) is 6.05. The van der Waals surface area contributed by atoms with E-state index in [-0.39, 0.29) is 5.96 Å². The van der Waals surface area contributed by atoms with E-state index in [0.717, 1.165) is 17.7 Å². The molecule has 0 fully saturated rings. The Morgan fingerprint density at radius 2 is 2.06 bits per heavy atom. The number of aryl methyl sites for hydroxylation is 1. The fraction of sp³-hybridized carbons (Fsp3) is 0.385. The molecular formula is C13H20N4O. The number of aliphatic imine (C=N–C) groups is 1. The van der Waals surface area contributed by atoms with Crippen LogP contribution in [0, 0.1) is 0 Å². The van der Waals surface area contributed by atoms with Gasteiger partial charge in [0.15, 0.2) is 5.96 Å². The molecule has 0 atom stereocenters. The van der Waals surface area contributed by atoms with Crippen LogP contribution in [0.25, 0.3) is 0 Å². The number of nitrogens with zero attached hydrogens (tertiary/aromatic N) is 1. The average molecular weight is 248 g/mol. The number of urea groups is 1. The molecule has 0 heterocycles. The van der Waals surface area contributed by atoms with Crippen molar-refractivity contribution in [3.05, 3.63) is 29.3 Å². The van der Waals surface area contributed by atoms with Gasteiger partial charge in [0.05, 0.1) is 0 Å². The summed E-state index contributed by atoms with van der Waals surface area (Å²) in [4.78, 5) is 14.9. The lowest BCUT2D eigenvalue weighted by atomic mass is 9.98. The van der Waals surface area contributed by atoms with Crippen molar-refractivity contribution in [2.45, 2.75) is 33.1 Å². The molecule has 0 radical (unpaired) electrons. The van der Waals surface area contributed by atoms with Gasteiger partial charge in [0, 0.05) is 5.69 Å². The third-order valence-corrected chi connectivity index (χ3v) is 2.65. The van der Waals surface area contributed by atoms with Gasteiger partial charge in [0.25, 0.3) is 0 Å². The van der Waals surface area contributed by atoms with Crippen LogP contribution in [-0.4, -0.2) is 12.0 Å². The molecule has 0 aliphatic heterocycles. The maximum absolute atomic E-state index is 11.5. The minimum Gasteiger partial charge on any atom is -0.370 e. The predicted octanol–water partition coefficient (Wildman–Crippen LogP) is 2.18. The van der Waals surface area contributed by atoms with Gasteiger partial charge in [-0.05, 0) is 29.5 Å². The number of carbonyl (C=O) groups excluding carboxylic acids is 1. The summed E-state index contributed by atoms with van der Waals surface area (Å²) in [6.45, 7) is 6.30. The molecule has 5 nitrogen and oxygen atoms in total. The van der Waals surface area contributed by atoms with Crippen molar-refractivity contribution in [3.63, 3.8) is 0 Å². The summed E-state index contributed by atoms with van der Waals surface area (Å²) < 4.78 is 0. The Bertz CT molecular complexity index is 462. The summed E-state index contributed by atoms with van der Waals surface area (Å²) in [5, 5.41) is 2.67. The van der Waals surface area contributed by atoms with Gasteiger partial charge >= 0.3 is 6.03 Å². The van der Waals surface area contributed by atoms with E-state index >= 15 is 0 Å². The smallest absolute Gasteiger partial charge is 0.348 e. The number of anilines is 1. The number of benzene rings is 1. The van der Waals surface area contributed by atoms with Gasteiger partial charge in [-0.3, -0.25) is 0 Å². The maximum Gasteiger partial charge on any atom is 0.348 e. The molecule has 1 rings (SSSR count). The third-order valence-electron chi connectivity index (χ3n) is 2.65. The van der Waals surface area contributed by atoms with Gasteiger partial charge in [0.2, 0.25) is 0 Å². The highest BCUT2D eigenvalue weighted by Gasteiger charge is 2.07. The average Bonchev–Trinajstić information content (AvgIpc) is 2.27. The molecule has 1 aromatic rings. The van der Waals surface area contributed by atoms with Crippen molar-refractivity contribution < 1.29 is 4.79 Å². The first-order valence-corrected chi connectivity index (χ1v) is 5.97. The van der Waals surface area contributed by atoms with Gasteiger partial charge in [0.1, 0.15) is 0 Å². The Labute approximate surface area is 107 Å². The van der Waals surface area contributed by atoms with E-state index in [4.69, 9.17) is 11.5 Å². The summed E-state index contributed by atoms with van der Waals surface area (Å²) in [7, 11) is 0. The number of nitrogens with two attached hydrogens (primary N) is 2. The van der Waals surface area contributed by atoms with Gasteiger partial charge in [-0.1, -0.05) is 32.9 Å². The lowest BCUT2D eigenvalue weighted by Crippen LogP contribution is -2.25. The van der Waals surface area contributed by atoms with Crippen LogP contribution in [0.15, 0.2) is 23.2 Å². The largest absolute Gasteiger partial charge is 0.370 e. The van der Waals surface area contributed by atoms with Crippen LogP contribution >= 0.6 is 0 Å².